The second kappa shape index (κ2) is 6.55. The van der Waals surface area contributed by atoms with Gasteiger partial charge in [-0.05, 0) is 48.1 Å². The molecular formula is C21H22N4. The first-order chi connectivity index (χ1) is 12.2. The number of nitrogens with zero attached hydrogens (tertiary/aromatic N) is 3. The SMILES string of the molecule is CN(C)c1cc2c3c(cccc3c1)NC2=NCCCc1cccnc1. The van der Waals surface area contributed by atoms with Crippen LogP contribution >= 0.6 is 0 Å². The molecule has 25 heavy (non-hydrogen) atoms. The van der Waals surface area contributed by atoms with Gasteiger partial charge in [0, 0.05) is 55.4 Å². The fraction of sp³-hybridized carbons (Fsp3) is 0.238. The van der Waals surface area contributed by atoms with Gasteiger partial charge in [-0.3, -0.25) is 9.98 Å². The summed E-state index contributed by atoms with van der Waals surface area (Å²) in [5, 5.41) is 6.03. The number of aromatic nitrogens is 1. The van der Waals surface area contributed by atoms with E-state index in [0.717, 1.165) is 30.9 Å². The van der Waals surface area contributed by atoms with Crippen molar-refractivity contribution in [1.82, 2.24) is 4.98 Å². The second-order valence-electron chi connectivity index (χ2n) is 6.61. The predicted molar refractivity (Wildman–Crippen MR) is 106 cm³/mol. The zero-order chi connectivity index (χ0) is 17.2. The third kappa shape index (κ3) is 3.07. The molecule has 0 atom stereocenters. The van der Waals surface area contributed by atoms with Crippen LogP contribution in [0.1, 0.15) is 17.5 Å². The molecule has 1 aromatic heterocycles. The summed E-state index contributed by atoms with van der Waals surface area (Å²) >= 11 is 0. The Labute approximate surface area is 148 Å². The van der Waals surface area contributed by atoms with Crippen molar-refractivity contribution in [2.45, 2.75) is 12.8 Å². The summed E-state index contributed by atoms with van der Waals surface area (Å²) in [6.45, 7) is 0.804. The molecule has 1 N–H and O–H groups in total. The second-order valence-corrected chi connectivity index (χ2v) is 6.61. The van der Waals surface area contributed by atoms with Crippen molar-refractivity contribution in [3.8, 4) is 0 Å². The smallest absolute Gasteiger partial charge is 0.133 e. The first-order valence-electron chi connectivity index (χ1n) is 8.67. The summed E-state index contributed by atoms with van der Waals surface area (Å²) in [6.07, 6.45) is 5.77. The Kier molecular flexibility index (Phi) is 4.10. The molecule has 126 valence electrons. The van der Waals surface area contributed by atoms with E-state index in [1.807, 2.05) is 18.5 Å². The third-order valence-corrected chi connectivity index (χ3v) is 4.60. The maximum Gasteiger partial charge on any atom is 0.133 e. The van der Waals surface area contributed by atoms with Crippen LogP contribution in [-0.4, -0.2) is 31.5 Å². The van der Waals surface area contributed by atoms with E-state index in [9.17, 15) is 0 Å². The average Bonchev–Trinajstić information content (AvgIpc) is 2.99. The molecule has 0 saturated carbocycles. The number of pyridine rings is 1. The Bertz CT molecular complexity index is 929. The minimum atomic E-state index is 0.804. The van der Waals surface area contributed by atoms with Gasteiger partial charge in [0.05, 0.1) is 0 Å². The van der Waals surface area contributed by atoms with Gasteiger partial charge in [-0.2, -0.15) is 0 Å². The molecule has 0 unspecified atom stereocenters. The van der Waals surface area contributed by atoms with E-state index in [1.54, 1.807) is 0 Å². The van der Waals surface area contributed by atoms with Crippen molar-refractivity contribution < 1.29 is 0 Å². The van der Waals surface area contributed by atoms with Crippen molar-refractivity contribution >= 4 is 28.0 Å². The Balaban J connectivity index is 1.57. The van der Waals surface area contributed by atoms with Gasteiger partial charge in [0.2, 0.25) is 0 Å². The molecule has 2 heterocycles. The summed E-state index contributed by atoms with van der Waals surface area (Å²) in [4.78, 5) is 11.2. The molecule has 0 aliphatic carbocycles. The number of aryl methyl sites for hydroxylation is 1. The van der Waals surface area contributed by atoms with Gasteiger partial charge < -0.3 is 10.2 Å². The van der Waals surface area contributed by atoms with Gasteiger partial charge in [0.15, 0.2) is 0 Å². The monoisotopic (exact) mass is 330 g/mol. The van der Waals surface area contributed by atoms with Crippen LogP contribution in [0.25, 0.3) is 10.8 Å². The molecule has 1 aliphatic rings. The topological polar surface area (TPSA) is 40.5 Å². The Morgan fingerprint density at radius 1 is 1.12 bits per heavy atom. The molecular weight excluding hydrogens is 308 g/mol. The quantitative estimate of drug-likeness (QED) is 0.716. The van der Waals surface area contributed by atoms with Crippen LogP contribution < -0.4 is 10.2 Å². The molecule has 0 radical (unpaired) electrons. The first kappa shape index (κ1) is 15.6. The number of hydrogen-bond acceptors (Lipinski definition) is 3. The van der Waals surface area contributed by atoms with Crippen molar-refractivity contribution in [3.63, 3.8) is 0 Å². The highest BCUT2D eigenvalue weighted by Gasteiger charge is 2.20. The lowest BCUT2D eigenvalue weighted by molar-refractivity contribution is 0.830. The molecule has 0 bridgehead atoms. The van der Waals surface area contributed by atoms with Crippen LogP contribution in [-0.2, 0) is 6.42 Å². The van der Waals surface area contributed by atoms with E-state index in [-0.39, 0.29) is 0 Å². The van der Waals surface area contributed by atoms with Gasteiger partial charge in [-0.1, -0.05) is 18.2 Å². The molecule has 2 aromatic carbocycles. The number of amidine groups is 1. The fourth-order valence-electron chi connectivity index (χ4n) is 3.30. The molecule has 1 aliphatic heterocycles. The van der Waals surface area contributed by atoms with Crippen LogP contribution in [0, 0.1) is 0 Å². The Morgan fingerprint density at radius 2 is 2.04 bits per heavy atom. The van der Waals surface area contributed by atoms with Crippen molar-refractivity contribution in [3.05, 3.63) is 66.0 Å². The standard InChI is InChI=1S/C21H22N4/c1-25(2)17-12-16-8-3-9-19-20(16)18(13-17)21(24-19)23-11-5-7-15-6-4-10-22-14-15/h3-4,6,8-10,12-14H,5,7,11H2,1-2H3,(H,23,24). The van der Waals surface area contributed by atoms with E-state index in [2.05, 4.69) is 65.7 Å². The highest BCUT2D eigenvalue weighted by Crippen LogP contribution is 2.36. The van der Waals surface area contributed by atoms with Gasteiger partial charge >= 0.3 is 0 Å². The van der Waals surface area contributed by atoms with Crippen LogP contribution in [0.5, 0.6) is 0 Å². The number of hydrogen-bond donors (Lipinski definition) is 1. The Hall–Kier alpha value is -2.88. The molecule has 3 aromatic rings. The van der Waals surface area contributed by atoms with Crippen molar-refractivity contribution in [2.75, 3.05) is 30.9 Å². The fourth-order valence-corrected chi connectivity index (χ4v) is 3.30. The molecule has 0 fully saturated rings. The molecule has 0 saturated heterocycles. The van der Waals surface area contributed by atoms with E-state index in [0.29, 0.717) is 0 Å². The van der Waals surface area contributed by atoms with E-state index < -0.39 is 0 Å². The van der Waals surface area contributed by atoms with Crippen LogP contribution in [0.4, 0.5) is 11.4 Å². The molecule has 0 amide bonds. The Morgan fingerprint density at radius 3 is 2.84 bits per heavy atom. The molecule has 4 rings (SSSR count). The highest BCUT2D eigenvalue weighted by atomic mass is 15.1. The number of benzene rings is 2. The van der Waals surface area contributed by atoms with Gasteiger partial charge in [-0.15, -0.1) is 0 Å². The molecule has 0 spiro atoms. The summed E-state index contributed by atoms with van der Waals surface area (Å²) in [6, 6.07) is 15.0. The maximum absolute atomic E-state index is 4.85. The van der Waals surface area contributed by atoms with Crippen LogP contribution in [0.15, 0.2) is 59.9 Å². The summed E-state index contributed by atoms with van der Waals surface area (Å²) < 4.78 is 0. The number of nitrogens with one attached hydrogen (secondary N) is 1. The normalized spacial score (nSPS) is 14.1. The van der Waals surface area contributed by atoms with E-state index >= 15 is 0 Å². The molecule has 4 nitrogen and oxygen atoms in total. The lowest BCUT2D eigenvalue weighted by Crippen LogP contribution is -2.11. The van der Waals surface area contributed by atoms with Crippen molar-refractivity contribution in [2.24, 2.45) is 4.99 Å². The minimum absolute atomic E-state index is 0.804. The van der Waals surface area contributed by atoms with Gasteiger partial charge in [0.25, 0.3) is 0 Å². The minimum Gasteiger partial charge on any atom is -0.378 e. The highest BCUT2D eigenvalue weighted by molar-refractivity contribution is 6.26. The van der Waals surface area contributed by atoms with E-state index in [4.69, 9.17) is 4.99 Å². The maximum atomic E-state index is 4.85. The first-order valence-corrected chi connectivity index (χ1v) is 8.67. The lowest BCUT2D eigenvalue weighted by atomic mass is 10.0. The summed E-state index contributed by atoms with van der Waals surface area (Å²) in [5.74, 6) is 0.987. The number of aliphatic imine (C=N–C) groups is 1. The molecule has 4 heteroatoms. The largest absolute Gasteiger partial charge is 0.378 e. The van der Waals surface area contributed by atoms with Crippen molar-refractivity contribution in [1.29, 1.82) is 0 Å². The zero-order valence-corrected chi connectivity index (χ0v) is 14.7. The van der Waals surface area contributed by atoms with Gasteiger partial charge in [0.1, 0.15) is 5.84 Å². The summed E-state index contributed by atoms with van der Waals surface area (Å²) in [7, 11) is 4.15. The average molecular weight is 330 g/mol. The lowest BCUT2D eigenvalue weighted by Gasteiger charge is -2.14. The number of rotatable bonds is 5. The predicted octanol–water partition coefficient (Wildman–Crippen LogP) is 4.11. The number of anilines is 2. The van der Waals surface area contributed by atoms with Gasteiger partial charge in [-0.25, -0.2) is 0 Å². The van der Waals surface area contributed by atoms with Crippen LogP contribution in [0.2, 0.25) is 0 Å². The van der Waals surface area contributed by atoms with E-state index in [1.165, 1.54) is 27.6 Å². The third-order valence-electron chi connectivity index (χ3n) is 4.60. The summed E-state index contributed by atoms with van der Waals surface area (Å²) in [5.41, 5.74) is 4.83. The van der Waals surface area contributed by atoms with Crippen LogP contribution in [0.3, 0.4) is 0 Å². The zero-order valence-electron chi connectivity index (χ0n) is 14.7.